The predicted molar refractivity (Wildman–Crippen MR) is 102 cm³/mol. The fourth-order valence-corrected chi connectivity index (χ4v) is 3.61. The number of hydrogen-bond donors (Lipinski definition) is 2. The number of nitrogens with two attached hydrogens (primary N) is 1. The maximum atomic E-state index is 13.7. The van der Waals surface area contributed by atoms with Crippen molar-refractivity contribution >= 4 is 15.9 Å². The van der Waals surface area contributed by atoms with Crippen LogP contribution in [0.3, 0.4) is 0 Å². The van der Waals surface area contributed by atoms with Crippen LogP contribution in [0.2, 0.25) is 0 Å². The number of aryl methyl sites for hydroxylation is 1. The van der Waals surface area contributed by atoms with E-state index in [4.69, 9.17) is 10.5 Å². The van der Waals surface area contributed by atoms with E-state index in [1.165, 1.54) is 6.07 Å². The average Bonchev–Trinajstić information content (AvgIpc) is 3.07. The summed E-state index contributed by atoms with van der Waals surface area (Å²) >= 11 is 3.21. The summed E-state index contributed by atoms with van der Waals surface area (Å²) in [7, 11) is 0. The van der Waals surface area contributed by atoms with Crippen molar-refractivity contribution in [2.24, 2.45) is 5.73 Å². The van der Waals surface area contributed by atoms with Gasteiger partial charge in [-0.2, -0.15) is 5.26 Å². The summed E-state index contributed by atoms with van der Waals surface area (Å²) in [5, 5.41) is 16.9. The first-order valence-corrected chi connectivity index (χ1v) is 8.96. The van der Waals surface area contributed by atoms with Crippen molar-refractivity contribution < 1.29 is 9.13 Å². The lowest BCUT2D eigenvalue weighted by molar-refractivity contribution is 0.379. The van der Waals surface area contributed by atoms with Crippen molar-refractivity contribution in [1.29, 1.82) is 5.26 Å². The molecule has 1 aromatic heterocycles. The molecule has 1 atom stereocenters. The van der Waals surface area contributed by atoms with E-state index in [2.05, 4.69) is 32.2 Å². The molecule has 1 aliphatic rings. The number of aromatic amines is 1. The molecular formula is C20H14BrFN4O. The van der Waals surface area contributed by atoms with Crippen LogP contribution in [0.1, 0.15) is 22.6 Å². The van der Waals surface area contributed by atoms with Gasteiger partial charge in [0.25, 0.3) is 0 Å². The Bertz CT molecular complexity index is 1110. The SMILES string of the molecule is Cc1ccc(-c2[nH]nc3c2C(c2ccc(F)c(Br)c2)C(C#N)=C(N)O3)cc1. The summed E-state index contributed by atoms with van der Waals surface area (Å²) in [5.41, 5.74) is 10.4. The fraction of sp³-hybridized carbons (Fsp3) is 0.100. The van der Waals surface area contributed by atoms with Crippen LogP contribution < -0.4 is 10.5 Å². The van der Waals surface area contributed by atoms with Crippen LogP contribution in [0.5, 0.6) is 5.88 Å². The van der Waals surface area contributed by atoms with Crippen LogP contribution in [-0.4, -0.2) is 10.2 Å². The van der Waals surface area contributed by atoms with E-state index in [1.54, 1.807) is 12.1 Å². The van der Waals surface area contributed by atoms with Gasteiger partial charge in [-0.05, 0) is 40.5 Å². The minimum absolute atomic E-state index is 0.00240. The highest BCUT2D eigenvalue weighted by molar-refractivity contribution is 9.10. The van der Waals surface area contributed by atoms with Crippen LogP contribution in [0.25, 0.3) is 11.3 Å². The lowest BCUT2D eigenvalue weighted by Crippen LogP contribution is -2.21. The second kappa shape index (κ2) is 6.56. The van der Waals surface area contributed by atoms with Crippen molar-refractivity contribution in [1.82, 2.24) is 10.2 Å². The Morgan fingerprint density at radius 3 is 2.67 bits per heavy atom. The molecular weight excluding hydrogens is 411 g/mol. The van der Waals surface area contributed by atoms with Gasteiger partial charge in [0.2, 0.25) is 11.8 Å². The Morgan fingerprint density at radius 2 is 2.00 bits per heavy atom. The zero-order valence-electron chi connectivity index (χ0n) is 14.3. The van der Waals surface area contributed by atoms with Gasteiger partial charge >= 0.3 is 0 Å². The first-order valence-electron chi connectivity index (χ1n) is 8.17. The second-order valence-electron chi connectivity index (χ2n) is 6.28. The average molecular weight is 425 g/mol. The Kier molecular flexibility index (Phi) is 4.21. The van der Waals surface area contributed by atoms with E-state index in [9.17, 15) is 9.65 Å². The molecule has 5 nitrogen and oxygen atoms in total. The van der Waals surface area contributed by atoms with Crippen LogP contribution in [0, 0.1) is 24.1 Å². The molecule has 2 aromatic carbocycles. The lowest BCUT2D eigenvalue weighted by atomic mass is 9.83. The van der Waals surface area contributed by atoms with Gasteiger partial charge < -0.3 is 10.5 Å². The molecule has 3 aromatic rings. The molecule has 0 fully saturated rings. The third kappa shape index (κ3) is 2.88. The molecule has 0 aliphatic carbocycles. The van der Waals surface area contributed by atoms with Crippen molar-refractivity contribution in [2.45, 2.75) is 12.8 Å². The fourth-order valence-electron chi connectivity index (χ4n) is 3.21. The zero-order chi connectivity index (χ0) is 19.1. The number of ether oxygens (including phenoxy) is 1. The van der Waals surface area contributed by atoms with Gasteiger partial charge in [0.05, 0.1) is 21.6 Å². The van der Waals surface area contributed by atoms with E-state index >= 15 is 0 Å². The molecule has 134 valence electrons. The third-order valence-electron chi connectivity index (χ3n) is 4.56. The lowest BCUT2D eigenvalue weighted by Gasteiger charge is -2.24. The molecule has 1 aliphatic heterocycles. The first kappa shape index (κ1) is 17.3. The Labute approximate surface area is 163 Å². The number of aromatic nitrogens is 2. The van der Waals surface area contributed by atoms with Crippen LogP contribution in [-0.2, 0) is 0 Å². The summed E-state index contributed by atoms with van der Waals surface area (Å²) in [6.45, 7) is 2.01. The number of rotatable bonds is 2. The second-order valence-corrected chi connectivity index (χ2v) is 7.14. The highest BCUT2D eigenvalue weighted by atomic mass is 79.9. The zero-order valence-corrected chi connectivity index (χ0v) is 15.8. The highest BCUT2D eigenvalue weighted by Crippen LogP contribution is 2.46. The number of hydrogen-bond acceptors (Lipinski definition) is 4. The normalized spacial score (nSPS) is 15.9. The van der Waals surface area contributed by atoms with E-state index in [0.717, 1.165) is 16.8 Å². The van der Waals surface area contributed by atoms with Gasteiger partial charge in [0, 0.05) is 5.56 Å². The minimum atomic E-state index is -0.522. The van der Waals surface area contributed by atoms with Crippen molar-refractivity contribution in [2.75, 3.05) is 0 Å². The predicted octanol–water partition coefficient (Wildman–Crippen LogP) is 4.50. The maximum absolute atomic E-state index is 13.7. The number of nitrogens with one attached hydrogen (secondary N) is 1. The van der Waals surface area contributed by atoms with Crippen LogP contribution in [0.15, 0.2) is 58.4 Å². The largest absolute Gasteiger partial charge is 0.420 e. The molecule has 3 N–H and O–H groups in total. The number of fused-ring (bicyclic) bond motifs is 1. The Morgan fingerprint density at radius 1 is 1.26 bits per heavy atom. The number of nitriles is 1. The summed E-state index contributed by atoms with van der Waals surface area (Å²) < 4.78 is 19.6. The van der Waals surface area contributed by atoms with E-state index in [0.29, 0.717) is 21.5 Å². The van der Waals surface area contributed by atoms with Gasteiger partial charge in [0.1, 0.15) is 17.5 Å². The topological polar surface area (TPSA) is 87.7 Å². The Balaban J connectivity index is 1.95. The quantitative estimate of drug-likeness (QED) is 0.633. The van der Waals surface area contributed by atoms with Gasteiger partial charge in [-0.1, -0.05) is 35.9 Å². The highest BCUT2D eigenvalue weighted by Gasteiger charge is 2.35. The monoisotopic (exact) mass is 424 g/mol. The number of benzene rings is 2. The molecule has 0 radical (unpaired) electrons. The van der Waals surface area contributed by atoms with E-state index < -0.39 is 5.92 Å². The number of halogens is 2. The molecule has 1 unspecified atom stereocenters. The molecule has 0 saturated carbocycles. The van der Waals surface area contributed by atoms with Crippen molar-refractivity contribution in [3.05, 3.63) is 80.9 Å². The number of allylic oxidation sites excluding steroid dienone is 1. The standard InChI is InChI=1S/C20H14BrFN4O/c1-10-2-4-11(5-3-10)18-17-16(12-6-7-15(22)14(21)8-12)13(9-23)19(24)27-20(17)26-25-18/h2-8,16H,24H2,1H3,(H,25,26). The molecule has 27 heavy (non-hydrogen) atoms. The van der Waals surface area contributed by atoms with Crippen molar-refractivity contribution in [3.63, 3.8) is 0 Å². The minimum Gasteiger partial charge on any atom is -0.420 e. The van der Waals surface area contributed by atoms with E-state index in [-0.39, 0.29) is 17.3 Å². The molecule has 7 heteroatoms. The maximum Gasteiger partial charge on any atom is 0.244 e. The molecule has 2 heterocycles. The van der Waals surface area contributed by atoms with Crippen LogP contribution >= 0.6 is 15.9 Å². The number of H-pyrrole nitrogens is 1. The van der Waals surface area contributed by atoms with Crippen molar-refractivity contribution in [3.8, 4) is 23.2 Å². The van der Waals surface area contributed by atoms with E-state index in [1.807, 2.05) is 31.2 Å². The van der Waals surface area contributed by atoms with Crippen LogP contribution in [0.4, 0.5) is 4.39 Å². The smallest absolute Gasteiger partial charge is 0.244 e. The van der Waals surface area contributed by atoms with Gasteiger partial charge in [-0.15, -0.1) is 5.10 Å². The third-order valence-corrected chi connectivity index (χ3v) is 5.16. The summed E-state index contributed by atoms with van der Waals surface area (Å²) in [6, 6.07) is 14.7. The van der Waals surface area contributed by atoms with Gasteiger partial charge in [0.15, 0.2) is 0 Å². The molecule has 0 amide bonds. The first-order chi connectivity index (χ1) is 13.0. The summed E-state index contributed by atoms with van der Waals surface area (Å²) in [5.74, 6) is -0.594. The summed E-state index contributed by atoms with van der Waals surface area (Å²) in [6.07, 6.45) is 0. The number of nitrogens with zero attached hydrogens (tertiary/aromatic N) is 2. The van der Waals surface area contributed by atoms with Gasteiger partial charge in [-0.3, -0.25) is 5.10 Å². The summed E-state index contributed by atoms with van der Waals surface area (Å²) in [4.78, 5) is 0. The molecule has 0 saturated heterocycles. The Hall–Kier alpha value is -3.11. The molecule has 0 bridgehead atoms. The van der Waals surface area contributed by atoms with Gasteiger partial charge in [-0.25, -0.2) is 4.39 Å². The molecule has 0 spiro atoms. The molecule has 4 rings (SSSR count).